The van der Waals surface area contributed by atoms with Crippen molar-refractivity contribution in [2.24, 2.45) is 0 Å². The van der Waals surface area contributed by atoms with Crippen LogP contribution in [-0.4, -0.2) is 16.7 Å². The van der Waals surface area contributed by atoms with Gasteiger partial charge in [-0.3, -0.25) is 9.59 Å². The van der Waals surface area contributed by atoms with E-state index in [1.807, 2.05) is 0 Å². The molecule has 0 spiro atoms. The van der Waals surface area contributed by atoms with Crippen molar-refractivity contribution >= 4 is 23.2 Å². The monoisotopic (exact) mass is 258 g/mol. The van der Waals surface area contributed by atoms with Gasteiger partial charge in [0, 0.05) is 21.7 Å². The second kappa shape index (κ2) is 3.68. The fraction of sp³-hybridized carbons (Fsp3) is 0. The van der Waals surface area contributed by atoms with Gasteiger partial charge in [-0.25, -0.2) is 0 Å². The van der Waals surface area contributed by atoms with Gasteiger partial charge in [-0.05, 0) is 24.3 Å². The SMILES string of the molecule is O=C1c2cc(Cl)ccc2C(=O)c2c(O)cccc21. The van der Waals surface area contributed by atoms with Crippen LogP contribution >= 0.6 is 11.6 Å². The molecule has 1 aliphatic carbocycles. The molecule has 0 fully saturated rings. The van der Waals surface area contributed by atoms with E-state index in [4.69, 9.17) is 11.6 Å². The molecule has 3 nitrogen and oxygen atoms in total. The molecule has 4 heteroatoms. The zero-order valence-electron chi connectivity index (χ0n) is 9.11. The summed E-state index contributed by atoms with van der Waals surface area (Å²) in [6.45, 7) is 0. The third kappa shape index (κ3) is 1.38. The van der Waals surface area contributed by atoms with E-state index in [0.717, 1.165) is 0 Å². The van der Waals surface area contributed by atoms with Crippen molar-refractivity contribution in [3.8, 4) is 5.75 Å². The summed E-state index contributed by atoms with van der Waals surface area (Å²) >= 11 is 5.84. The predicted octanol–water partition coefficient (Wildman–Crippen LogP) is 2.82. The molecule has 88 valence electrons. The van der Waals surface area contributed by atoms with Crippen LogP contribution in [0.2, 0.25) is 5.02 Å². The number of benzene rings is 2. The fourth-order valence-electron chi connectivity index (χ4n) is 2.15. The molecule has 2 aromatic carbocycles. The summed E-state index contributed by atoms with van der Waals surface area (Å²) in [5.74, 6) is -0.821. The third-order valence-electron chi connectivity index (χ3n) is 2.99. The first kappa shape index (κ1) is 11.0. The van der Waals surface area contributed by atoms with E-state index >= 15 is 0 Å². The van der Waals surface area contributed by atoms with Crippen molar-refractivity contribution in [2.45, 2.75) is 0 Å². The minimum absolute atomic E-state index is 0.0670. The molecule has 0 heterocycles. The van der Waals surface area contributed by atoms with Gasteiger partial charge >= 0.3 is 0 Å². The largest absolute Gasteiger partial charge is 0.507 e. The molecule has 1 N–H and O–H groups in total. The van der Waals surface area contributed by atoms with Crippen LogP contribution in [0, 0.1) is 0 Å². The maximum Gasteiger partial charge on any atom is 0.198 e. The Bertz CT molecular complexity index is 700. The van der Waals surface area contributed by atoms with Crippen molar-refractivity contribution in [3.05, 3.63) is 63.7 Å². The number of phenols is 1. The van der Waals surface area contributed by atoms with Gasteiger partial charge in [-0.1, -0.05) is 23.7 Å². The summed E-state index contributed by atoms with van der Waals surface area (Å²) in [7, 11) is 0. The maximum absolute atomic E-state index is 12.2. The van der Waals surface area contributed by atoms with Crippen LogP contribution in [0.15, 0.2) is 36.4 Å². The van der Waals surface area contributed by atoms with Crippen LogP contribution in [0.4, 0.5) is 0 Å². The van der Waals surface area contributed by atoms with Crippen LogP contribution in [-0.2, 0) is 0 Å². The highest BCUT2D eigenvalue weighted by Crippen LogP contribution is 2.33. The number of hydrogen-bond acceptors (Lipinski definition) is 3. The number of fused-ring (bicyclic) bond motifs is 2. The Hall–Kier alpha value is -2.13. The highest BCUT2D eigenvalue weighted by molar-refractivity contribution is 6.33. The van der Waals surface area contributed by atoms with Crippen LogP contribution < -0.4 is 0 Å². The van der Waals surface area contributed by atoms with Gasteiger partial charge in [0.05, 0.1) is 5.56 Å². The summed E-state index contributed by atoms with van der Waals surface area (Å²) < 4.78 is 0. The molecular weight excluding hydrogens is 252 g/mol. The van der Waals surface area contributed by atoms with E-state index in [0.29, 0.717) is 5.02 Å². The van der Waals surface area contributed by atoms with Gasteiger partial charge < -0.3 is 5.11 Å². The lowest BCUT2D eigenvalue weighted by atomic mass is 9.84. The second-order valence-corrected chi connectivity index (χ2v) is 4.48. The summed E-state index contributed by atoms with van der Waals surface area (Å²) in [5, 5.41) is 10.1. The molecule has 0 saturated heterocycles. The molecule has 3 rings (SSSR count). The maximum atomic E-state index is 12.2. The molecule has 0 radical (unpaired) electrons. The molecule has 2 aromatic rings. The minimum atomic E-state index is -0.352. The van der Waals surface area contributed by atoms with Gasteiger partial charge in [-0.15, -0.1) is 0 Å². The first-order valence-electron chi connectivity index (χ1n) is 5.30. The van der Waals surface area contributed by atoms with Crippen molar-refractivity contribution in [1.82, 2.24) is 0 Å². The quantitative estimate of drug-likeness (QED) is 0.675. The Labute approximate surface area is 108 Å². The van der Waals surface area contributed by atoms with Crippen LogP contribution in [0.25, 0.3) is 0 Å². The van der Waals surface area contributed by atoms with Crippen LogP contribution in [0.5, 0.6) is 5.75 Å². The number of phenolic OH excluding ortho intramolecular Hbond substituents is 1. The normalized spacial score (nSPS) is 13.2. The third-order valence-corrected chi connectivity index (χ3v) is 3.22. The van der Waals surface area contributed by atoms with Gasteiger partial charge in [0.2, 0.25) is 0 Å². The Balaban J connectivity index is 2.35. The number of ketones is 2. The van der Waals surface area contributed by atoms with E-state index in [-0.39, 0.29) is 39.6 Å². The lowest BCUT2D eigenvalue weighted by Crippen LogP contribution is -2.20. The van der Waals surface area contributed by atoms with Crippen molar-refractivity contribution in [2.75, 3.05) is 0 Å². The van der Waals surface area contributed by atoms with Gasteiger partial charge in [0.15, 0.2) is 11.6 Å². The van der Waals surface area contributed by atoms with E-state index in [2.05, 4.69) is 0 Å². The minimum Gasteiger partial charge on any atom is -0.507 e. The van der Waals surface area contributed by atoms with Gasteiger partial charge in [-0.2, -0.15) is 0 Å². The smallest absolute Gasteiger partial charge is 0.198 e. The molecule has 0 aliphatic heterocycles. The van der Waals surface area contributed by atoms with Crippen LogP contribution in [0.1, 0.15) is 31.8 Å². The lowest BCUT2D eigenvalue weighted by Gasteiger charge is -2.18. The molecule has 18 heavy (non-hydrogen) atoms. The molecule has 0 bridgehead atoms. The highest BCUT2D eigenvalue weighted by Gasteiger charge is 2.31. The number of halogens is 1. The molecule has 0 saturated carbocycles. The summed E-state index contributed by atoms with van der Waals surface area (Å²) in [5.41, 5.74) is 0.844. The van der Waals surface area contributed by atoms with Crippen LogP contribution in [0.3, 0.4) is 0 Å². The van der Waals surface area contributed by atoms with Crippen molar-refractivity contribution in [3.63, 3.8) is 0 Å². The van der Waals surface area contributed by atoms with Crippen molar-refractivity contribution < 1.29 is 14.7 Å². The average molecular weight is 259 g/mol. The number of rotatable bonds is 0. The lowest BCUT2D eigenvalue weighted by molar-refractivity contribution is 0.0976. The average Bonchev–Trinajstić information content (AvgIpc) is 2.35. The molecule has 1 aliphatic rings. The molecule has 0 aromatic heterocycles. The Morgan fingerprint density at radius 3 is 2.44 bits per heavy atom. The Morgan fingerprint density at radius 1 is 0.889 bits per heavy atom. The van der Waals surface area contributed by atoms with E-state index in [9.17, 15) is 14.7 Å². The molecule has 0 atom stereocenters. The standard InChI is InChI=1S/C14H7ClO3/c15-7-4-5-8-10(6-7)13(17)9-2-1-3-11(16)12(9)14(8)18/h1-6,16H. The van der Waals surface area contributed by atoms with Gasteiger partial charge in [0.1, 0.15) is 5.75 Å². The number of carbonyl (C=O) groups excluding carboxylic acids is 2. The highest BCUT2D eigenvalue weighted by atomic mass is 35.5. The molecule has 0 unspecified atom stereocenters. The first-order valence-corrected chi connectivity index (χ1v) is 5.68. The van der Waals surface area contributed by atoms with E-state index in [1.165, 1.54) is 30.3 Å². The summed E-state index contributed by atoms with van der Waals surface area (Å²) in [6.07, 6.45) is 0. The first-order chi connectivity index (χ1) is 8.59. The van der Waals surface area contributed by atoms with E-state index < -0.39 is 0 Å². The topological polar surface area (TPSA) is 54.4 Å². The Kier molecular flexibility index (Phi) is 2.25. The fourth-order valence-corrected chi connectivity index (χ4v) is 2.32. The predicted molar refractivity (Wildman–Crippen MR) is 66.4 cm³/mol. The number of hydrogen-bond donors (Lipinski definition) is 1. The molecule has 0 amide bonds. The zero-order valence-corrected chi connectivity index (χ0v) is 9.86. The molecular formula is C14H7ClO3. The van der Waals surface area contributed by atoms with Crippen molar-refractivity contribution in [1.29, 1.82) is 0 Å². The number of aromatic hydroxyl groups is 1. The summed E-state index contributed by atoms with van der Waals surface area (Å²) in [6, 6.07) is 8.99. The summed E-state index contributed by atoms with van der Waals surface area (Å²) in [4.78, 5) is 24.5. The number of carbonyl (C=O) groups is 2. The van der Waals surface area contributed by atoms with E-state index in [1.54, 1.807) is 6.07 Å². The van der Waals surface area contributed by atoms with Gasteiger partial charge in [0.25, 0.3) is 0 Å². The Morgan fingerprint density at radius 2 is 1.67 bits per heavy atom. The second-order valence-electron chi connectivity index (χ2n) is 4.05. The zero-order chi connectivity index (χ0) is 12.9.